The van der Waals surface area contributed by atoms with Gasteiger partial charge in [-0.2, -0.15) is 0 Å². The molecule has 0 spiro atoms. The molecule has 0 aliphatic carbocycles. The van der Waals surface area contributed by atoms with Crippen molar-refractivity contribution in [2.24, 2.45) is 0 Å². The van der Waals surface area contributed by atoms with Crippen molar-refractivity contribution in [1.82, 2.24) is 0 Å². The number of furan rings is 1. The molecule has 1 aromatic heterocycles. The number of hydrogen-bond donors (Lipinski definition) is 0. The summed E-state index contributed by atoms with van der Waals surface area (Å²) in [6.07, 6.45) is 4.65. The first-order chi connectivity index (χ1) is 8.72. The predicted molar refractivity (Wildman–Crippen MR) is 74.3 cm³/mol. The van der Waals surface area contributed by atoms with Crippen molar-refractivity contribution in [2.45, 2.75) is 13.5 Å². The second-order valence-corrected chi connectivity index (χ2v) is 4.71. The van der Waals surface area contributed by atoms with Gasteiger partial charge in [-0.25, -0.2) is 4.79 Å². The van der Waals surface area contributed by atoms with Crippen LogP contribution in [-0.4, -0.2) is 22.7 Å². The van der Waals surface area contributed by atoms with Crippen molar-refractivity contribution in [2.75, 3.05) is 12.4 Å². The van der Waals surface area contributed by atoms with Gasteiger partial charge in [0.1, 0.15) is 12.4 Å². The Bertz CT molecular complexity index is 398. The van der Waals surface area contributed by atoms with Gasteiger partial charge in [-0.3, -0.25) is 0 Å². The molecule has 98 valence electrons. The second kappa shape index (κ2) is 8.77. The van der Waals surface area contributed by atoms with Gasteiger partial charge in [-0.05, 0) is 31.3 Å². The van der Waals surface area contributed by atoms with Crippen LogP contribution < -0.4 is 0 Å². The SMILES string of the molecule is CCOC(=O)/C=C/CSC(=S)OCc1ccco1. The van der Waals surface area contributed by atoms with Crippen LogP contribution in [0.3, 0.4) is 0 Å². The van der Waals surface area contributed by atoms with E-state index in [4.69, 9.17) is 26.1 Å². The van der Waals surface area contributed by atoms with E-state index < -0.39 is 0 Å². The molecular weight excluding hydrogens is 272 g/mol. The van der Waals surface area contributed by atoms with Gasteiger partial charge < -0.3 is 13.9 Å². The van der Waals surface area contributed by atoms with Crippen LogP contribution in [-0.2, 0) is 20.9 Å². The molecule has 1 heterocycles. The molecular formula is C12H14O4S2. The Balaban J connectivity index is 2.12. The number of hydrogen-bond acceptors (Lipinski definition) is 6. The Kier molecular flexibility index (Phi) is 7.20. The van der Waals surface area contributed by atoms with E-state index in [-0.39, 0.29) is 5.97 Å². The van der Waals surface area contributed by atoms with Crippen LogP contribution in [0.5, 0.6) is 0 Å². The lowest BCUT2D eigenvalue weighted by molar-refractivity contribution is -0.137. The summed E-state index contributed by atoms with van der Waals surface area (Å²) in [6.45, 7) is 2.46. The molecule has 0 N–H and O–H groups in total. The highest BCUT2D eigenvalue weighted by atomic mass is 32.2. The maximum atomic E-state index is 11.0. The van der Waals surface area contributed by atoms with Crippen LogP contribution in [0.1, 0.15) is 12.7 Å². The molecule has 0 aliphatic heterocycles. The van der Waals surface area contributed by atoms with E-state index in [1.807, 2.05) is 6.07 Å². The standard InChI is InChI=1S/C12H14O4S2/c1-2-14-11(13)6-4-8-18-12(17)16-9-10-5-3-7-15-10/h3-7H,2,8-9H2,1H3/b6-4+. The summed E-state index contributed by atoms with van der Waals surface area (Å²) < 4.78 is 15.5. The van der Waals surface area contributed by atoms with Gasteiger partial charge in [0.05, 0.1) is 12.9 Å². The maximum absolute atomic E-state index is 11.0. The molecule has 0 radical (unpaired) electrons. The maximum Gasteiger partial charge on any atom is 0.330 e. The lowest BCUT2D eigenvalue weighted by atomic mass is 10.5. The summed E-state index contributed by atoms with van der Waals surface area (Å²) in [5.74, 6) is 0.941. The Labute approximate surface area is 115 Å². The zero-order valence-electron chi connectivity index (χ0n) is 9.96. The summed E-state index contributed by atoms with van der Waals surface area (Å²) in [5, 5.41) is 0. The summed E-state index contributed by atoms with van der Waals surface area (Å²) in [4.78, 5) is 11.0. The number of esters is 1. The fourth-order valence-corrected chi connectivity index (χ4v) is 1.75. The third-order valence-electron chi connectivity index (χ3n) is 1.75. The van der Waals surface area contributed by atoms with Crippen molar-refractivity contribution in [1.29, 1.82) is 0 Å². The summed E-state index contributed by atoms with van der Waals surface area (Å²) in [5.41, 5.74) is 0. The Morgan fingerprint density at radius 1 is 1.56 bits per heavy atom. The highest BCUT2D eigenvalue weighted by molar-refractivity contribution is 8.22. The monoisotopic (exact) mass is 286 g/mol. The molecule has 0 saturated heterocycles. The minimum absolute atomic E-state index is 0.320. The topological polar surface area (TPSA) is 48.7 Å². The zero-order chi connectivity index (χ0) is 13.2. The highest BCUT2D eigenvalue weighted by Gasteiger charge is 2.01. The third-order valence-corrected chi connectivity index (χ3v) is 2.93. The third kappa shape index (κ3) is 6.46. The Morgan fingerprint density at radius 2 is 2.39 bits per heavy atom. The Morgan fingerprint density at radius 3 is 3.06 bits per heavy atom. The molecule has 0 fully saturated rings. The molecule has 4 nitrogen and oxygen atoms in total. The highest BCUT2D eigenvalue weighted by Crippen LogP contribution is 2.10. The van der Waals surface area contributed by atoms with Crippen LogP contribution in [0.4, 0.5) is 0 Å². The molecule has 6 heteroatoms. The Hall–Kier alpha value is -1.27. The van der Waals surface area contributed by atoms with Crippen LogP contribution >= 0.6 is 24.0 Å². The first kappa shape index (κ1) is 14.8. The number of thioether (sulfide) groups is 1. The normalized spacial score (nSPS) is 10.5. The minimum atomic E-state index is -0.347. The second-order valence-electron chi connectivity index (χ2n) is 3.08. The van der Waals surface area contributed by atoms with Crippen molar-refractivity contribution in [3.05, 3.63) is 36.3 Å². The fourth-order valence-electron chi connectivity index (χ4n) is 1.02. The molecule has 0 aliphatic rings. The van der Waals surface area contributed by atoms with Gasteiger partial charge in [0.25, 0.3) is 0 Å². The predicted octanol–water partition coefficient (Wildman–Crippen LogP) is 2.93. The molecule has 0 aromatic carbocycles. The van der Waals surface area contributed by atoms with E-state index in [1.165, 1.54) is 17.8 Å². The van der Waals surface area contributed by atoms with Gasteiger partial charge in [-0.1, -0.05) is 17.8 Å². The quantitative estimate of drug-likeness (QED) is 0.455. The van der Waals surface area contributed by atoms with E-state index in [0.717, 1.165) is 5.76 Å². The molecule has 1 rings (SSSR count). The van der Waals surface area contributed by atoms with Crippen molar-refractivity contribution in [3.63, 3.8) is 0 Å². The number of carbonyl (C=O) groups is 1. The van der Waals surface area contributed by atoms with E-state index >= 15 is 0 Å². The molecule has 18 heavy (non-hydrogen) atoms. The van der Waals surface area contributed by atoms with Gasteiger partial charge in [0.2, 0.25) is 4.38 Å². The number of thiocarbonyl (C=S) groups is 1. The summed E-state index contributed by atoms with van der Waals surface area (Å²) >= 11 is 6.34. The summed E-state index contributed by atoms with van der Waals surface area (Å²) in [7, 11) is 0. The van der Waals surface area contributed by atoms with E-state index in [1.54, 1.807) is 25.3 Å². The average molecular weight is 286 g/mol. The number of ether oxygens (including phenoxy) is 2. The average Bonchev–Trinajstić information content (AvgIpc) is 2.85. The van der Waals surface area contributed by atoms with Crippen molar-refractivity contribution in [3.8, 4) is 0 Å². The number of rotatable bonds is 6. The largest absolute Gasteiger partial charge is 0.470 e. The van der Waals surface area contributed by atoms with E-state index in [2.05, 4.69) is 0 Å². The van der Waals surface area contributed by atoms with Gasteiger partial charge >= 0.3 is 5.97 Å². The minimum Gasteiger partial charge on any atom is -0.470 e. The first-order valence-electron chi connectivity index (χ1n) is 5.37. The zero-order valence-corrected chi connectivity index (χ0v) is 11.6. The van der Waals surface area contributed by atoms with Crippen LogP contribution in [0.25, 0.3) is 0 Å². The van der Waals surface area contributed by atoms with Crippen LogP contribution in [0.2, 0.25) is 0 Å². The smallest absolute Gasteiger partial charge is 0.330 e. The van der Waals surface area contributed by atoms with E-state index in [0.29, 0.717) is 23.3 Å². The molecule has 0 saturated carbocycles. The van der Waals surface area contributed by atoms with Gasteiger partial charge in [0.15, 0.2) is 0 Å². The lowest BCUT2D eigenvalue weighted by Crippen LogP contribution is -2.00. The first-order valence-corrected chi connectivity index (χ1v) is 6.77. The fraction of sp³-hybridized carbons (Fsp3) is 0.333. The van der Waals surface area contributed by atoms with Crippen molar-refractivity contribution < 1.29 is 18.7 Å². The number of carbonyl (C=O) groups excluding carboxylic acids is 1. The molecule has 0 atom stereocenters. The molecule has 0 amide bonds. The lowest BCUT2D eigenvalue weighted by Gasteiger charge is -2.03. The van der Waals surface area contributed by atoms with Crippen molar-refractivity contribution >= 4 is 34.3 Å². The van der Waals surface area contributed by atoms with Crippen LogP contribution in [0, 0.1) is 0 Å². The van der Waals surface area contributed by atoms with E-state index in [9.17, 15) is 4.79 Å². The van der Waals surface area contributed by atoms with Gasteiger partial charge in [0, 0.05) is 11.8 Å². The summed E-state index contributed by atoms with van der Waals surface area (Å²) in [6, 6.07) is 3.60. The van der Waals surface area contributed by atoms with Gasteiger partial charge in [-0.15, -0.1) is 0 Å². The molecule has 0 unspecified atom stereocenters. The molecule has 0 bridgehead atoms. The molecule has 1 aromatic rings. The van der Waals surface area contributed by atoms with Crippen LogP contribution in [0.15, 0.2) is 35.0 Å².